The number of nitrogens with zero attached hydrogens (tertiary/aromatic N) is 3. The van der Waals surface area contributed by atoms with Crippen LogP contribution in [0.1, 0.15) is 52.3 Å². The molecule has 2 amide bonds. The molecular weight excluding hydrogens is 392 g/mol. The highest BCUT2D eigenvalue weighted by atomic mass is 32.1. The predicted molar refractivity (Wildman–Crippen MR) is 110 cm³/mol. The van der Waals surface area contributed by atoms with Crippen LogP contribution in [-0.2, 0) is 16.0 Å². The number of carbonyl (C=O) groups excluding carboxylic acids is 2. The zero-order chi connectivity index (χ0) is 20.9. The summed E-state index contributed by atoms with van der Waals surface area (Å²) in [7, 11) is 0. The Morgan fingerprint density at radius 3 is 2.76 bits per heavy atom. The third-order valence-electron chi connectivity index (χ3n) is 4.52. The van der Waals surface area contributed by atoms with Crippen LogP contribution in [0.3, 0.4) is 0 Å². The van der Waals surface area contributed by atoms with Crippen LogP contribution in [0.25, 0.3) is 10.7 Å². The van der Waals surface area contributed by atoms with Crippen LogP contribution in [0.5, 0.6) is 0 Å². The molecule has 158 valence electrons. The summed E-state index contributed by atoms with van der Waals surface area (Å²) in [5.74, 6) is 1.15. The SMILES string of the molecule is CC(C)(C)OC(=O)N1CCC(NC(=O)CCCc2nc(-c3cccs3)no2)CC1. The first kappa shape index (κ1) is 21.3. The number of nitrogens with one attached hydrogen (secondary N) is 1. The number of likely N-dealkylation sites (tertiary alicyclic amines) is 1. The first-order chi connectivity index (χ1) is 13.8. The molecule has 1 saturated heterocycles. The quantitative estimate of drug-likeness (QED) is 0.766. The lowest BCUT2D eigenvalue weighted by atomic mass is 10.0. The van der Waals surface area contributed by atoms with E-state index in [1.54, 1.807) is 16.2 Å². The lowest BCUT2D eigenvalue weighted by Gasteiger charge is -2.33. The number of ether oxygens (including phenoxy) is 1. The average Bonchev–Trinajstić information content (AvgIpc) is 3.32. The molecule has 1 fully saturated rings. The zero-order valence-corrected chi connectivity index (χ0v) is 18.0. The van der Waals surface area contributed by atoms with Crippen LogP contribution in [0.2, 0.25) is 0 Å². The van der Waals surface area contributed by atoms with Gasteiger partial charge in [-0.1, -0.05) is 11.2 Å². The van der Waals surface area contributed by atoms with Crippen LogP contribution in [0.4, 0.5) is 4.79 Å². The normalized spacial score (nSPS) is 15.3. The fraction of sp³-hybridized carbons (Fsp3) is 0.600. The molecule has 9 heteroatoms. The molecule has 0 aromatic carbocycles. The van der Waals surface area contributed by atoms with Gasteiger partial charge < -0.3 is 19.5 Å². The molecule has 8 nitrogen and oxygen atoms in total. The van der Waals surface area contributed by atoms with E-state index >= 15 is 0 Å². The Bertz CT molecular complexity index is 805. The molecule has 29 heavy (non-hydrogen) atoms. The molecule has 1 aliphatic rings. The van der Waals surface area contributed by atoms with E-state index in [1.165, 1.54) is 0 Å². The van der Waals surface area contributed by atoms with E-state index < -0.39 is 5.60 Å². The number of hydrogen-bond donors (Lipinski definition) is 1. The van der Waals surface area contributed by atoms with Gasteiger partial charge in [-0.15, -0.1) is 11.3 Å². The summed E-state index contributed by atoms with van der Waals surface area (Å²) in [6, 6.07) is 3.98. The highest BCUT2D eigenvalue weighted by Gasteiger charge is 2.27. The van der Waals surface area contributed by atoms with E-state index in [9.17, 15) is 9.59 Å². The second-order valence-electron chi connectivity index (χ2n) is 8.15. The summed E-state index contributed by atoms with van der Waals surface area (Å²) in [6.45, 7) is 6.75. The molecule has 1 aliphatic heterocycles. The highest BCUT2D eigenvalue weighted by Crippen LogP contribution is 2.21. The van der Waals surface area contributed by atoms with E-state index in [1.807, 2.05) is 38.3 Å². The maximum absolute atomic E-state index is 12.2. The predicted octanol–water partition coefficient (Wildman–Crippen LogP) is 3.64. The maximum Gasteiger partial charge on any atom is 0.410 e. The van der Waals surface area contributed by atoms with Crippen molar-refractivity contribution < 1.29 is 18.8 Å². The molecule has 0 unspecified atom stereocenters. The summed E-state index contributed by atoms with van der Waals surface area (Å²) >= 11 is 1.56. The summed E-state index contributed by atoms with van der Waals surface area (Å²) < 4.78 is 10.6. The highest BCUT2D eigenvalue weighted by molar-refractivity contribution is 7.13. The van der Waals surface area contributed by atoms with Gasteiger partial charge >= 0.3 is 6.09 Å². The molecule has 0 radical (unpaired) electrons. The number of aryl methyl sites for hydroxylation is 1. The molecule has 3 rings (SSSR count). The number of carbonyl (C=O) groups is 2. The van der Waals surface area contributed by atoms with Gasteiger partial charge in [0.25, 0.3) is 0 Å². The molecule has 0 atom stereocenters. The smallest absolute Gasteiger partial charge is 0.410 e. The average molecular weight is 421 g/mol. The fourth-order valence-electron chi connectivity index (χ4n) is 3.10. The maximum atomic E-state index is 12.2. The molecule has 0 spiro atoms. The lowest BCUT2D eigenvalue weighted by molar-refractivity contribution is -0.122. The van der Waals surface area contributed by atoms with Crippen molar-refractivity contribution in [3.63, 3.8) is 0 Å². The van der Waals surface area contributed by atoms with Gasteiger partial charge in [-0.25, -0.2) is 4.79 Å². The van der Waals surface area contributed by atoms with Crippen molar-refractivity contribution in [1.29, 1.82) is 0 Å². The number of thiophene rings is 1. The summed E-state index contributed by atoms with van der Waals surface area (Å²) in [5, 5.41) is 9.00. The van der Waals surface area contributed by atoms with E-state index in [0.29, 0.717) is 44.1 Å². The Balaban J connectivity index is 1.34. The summed E-state index contributed by atoms with van der Waals surface area (Å²) in [5.41, 5.74) is -0.495. The van der Waals surface area contributed by atoms with Crippen molar-refractivity contribution in [2.45, 2.75) is 64.5 Å². The van der Waals surface area contributed by atoms with E-state index in [-0.39, 0.29) is 18.0 Å². The van der Waals surface area contributed by atoms with Crippen molar-refractivity contribution in [3.05, 3.63) is 23.4 Å². The standard InChI is InChI=1S/C20H28N4O4S/c1-20(2,3)27-19(26)24-11-9-14(10-12-24)21-16(25)7-4-8-17-22-18(23-28-17)15-6-5-13-29-15/h5-6,13-14H,4,7-12H2,1-3H3,(H,21,25). The van der Waals surface area contributed by atoms with Crippen molar-refractivity contribution in [3.8, 4) is 10.7 Å². The monoisotopic (exact) mass is 420 g/mol. The second-order valence-corrected chi connectivity index (χ2v) is 9.10. The van der Waals surface area contributed by atoms with Gasteiger partial charge in [-0.3, -0.25) is 4.79 Å². The van der Waals surface area contributed by atoms with Crippen LogP contribution in [-0.4, -0.2) is 51.8 Å². The van der Waals surface area contributed by atoms with Gasteiger partial charge in [0.05, 0.1) is 4.88 Å². The molecule has 1 N–H and O–H groups in total. The van der Waals surface area contributed by atoms with E-state index in [4.69, 9.17) is 9.26 Å². The largest absolute Gasteiger partial charge is 0.444 e. The topological polar surface area (TPSA) is 97.6 Å². The van der Waals surface area contributed by atoms with Crippen molar-refractivity contribution >= 4 is 23.3 Å². The van der Waals surface area contributed by atoms with E-state index in [0.717, 1.165) is 17.7 Å². The van der Waals surface area contributed by atoms with Crippen LogP contribution >= 0.6 is 11.3 Å². The van der Waals surface area contributed by atoms with Crippen LogP contribution in [0, 0.1) is 0 Å². The van der Waals surface area contributed by atoms with Crippen LogP contribution < -0.4 is 5.32 Å². The van der Waals surface area contributed by atoms with E-state index in [2.05, 4.69) is 15.5 Å². The fourth-order valence-corrected chi connectivity index (χ4v) is 3.74. The third-order valence-corrected chi connectivity index (χ3v) is 5.38. The van der Waals surface area contributed by atoms with Gasteiger partial charge in [0, 0.05) is 32.0 Å². The molecule has 0 saturated carbocycles. The molecule has 0 aliphatic carbocycles. The Morgan fingerprint density at radius 2 is 2.10 bits per heavy atom. The van der Waals surface area contributed by atoms with Crippen LogP contribution in [0.15, 0.2) is 22.0 Å². The van der Waals surface area contributed by atoms with Crippen molar-refractivity contribution in [2.75, 3.05) is 13.1 Å². The minimum atomic E-state index is -0.495. The molecule has 0 bridgehead atoms. The molecule has 3 heterocycles. The van der Waals surface area contributed by atoms with Gasteiger partial charge in [0.1, 0.15) is 5.60 Å². The van der Waals surface area contributed by atoms with Gasteiger partial charge in [0.15, 0.2) is 0 Å². The molecular formula is C20H28N4O4S. The number of hydrogen-bond acceptors (Lipinski definition) is 7. The third kappa shape index (κ3) is 6.56. The minimum absolute atomic E-state index is 0.0127. The Hall–Kier alpha value is -2.42. The number of rotatable bonds is 6. The molecule has 2 aromatic heterocycles. The minimum Gasteiger partial charge on any atom is -0.444 e. The van der Waals surface area contributed by atoms with Gasteiger partial charge in [-0.05, 0) is 51.5 Å². The van der Waals surface area contributed by atoms with Gasteiger partial charge in [-0.2, -0.15) is 4.98 Å². The number of piperidine rings is 1. The Morgan fingerprint density at radius 1 is 1.34 bits per heavy atom. The number of aromatic nitrogens is 2. The first-order valence-electron chi connectivity index (χ1n) is 9.94. The zero-order valence-electron chi connectivity index (χ0n) is 17.1. The number of amides is 2. The first-order valence-corrected chi connectivity index (χ1v) is 10.8. The summed E-state index contributed by atoms with van der Waals surface area (Å²) in [4.78, 5) is 31.3. The molecule has 2 aromatic rings. The van der Waals surface area contributed by atoms with Crippen molar-refractivity contribution in [1.82, 2.24) is 20.4 Å². The Labute approximate surface area is 174 Å². The lowest BCUT2D eigenvalue weighted by Crippen LogP contribution is -2.47. The Kier molecular flexibility index (Phi) is 6.89. The van der Waals surface area contributed by atoms with Crippen molar-refractivity contribution in [2.24, 2.45) is 0 Å². The van der Waals surface area contributed by atoms with Gasteiger partial charge in [0.2, 0.25) is 17.6 Å². The summed E-state index contributed by atoms with van der Waals surface area (Å²) in [6.07, 6.45) is 2.81. The second kappa shape index (κ2) is 9.39.